The molecule has 0 unspecified atom stereocenters. The Balaban J connectivity index is 1.93. The molecule has 0 aromatic carbocycles. The van der Waals surface area contributed by atoms with Gasteiger partial charge in [0.25, 0.3) is 5.91 Å². The highest BCUT2D eigenvalue weighted by molar-refractivity contribution is 5.92. The van der Waals surface area contributed by atoms with Gasteiger partial charge in [-0.2, -0.15) is 0 Å². The van der Waals surface area contributed by atoms with Gasteiger partial charge in [-0.05, 0) is 11.6 Å². The molecular formula is C12H13N3O2. The molecule has 0 spiro atoms. The monoisotopic (exact) mass is 231 g/mol. The highest BCUT2D eigenvalue weighted by Gasteiger charge is 2.10. The van der Waals surface area contributed by atoms with Crippen LogP contribution in [0.15, 0.2) is 35.1 Å². The first-order valence-electron chi connectivity index (χ1n) is 5.42. The fourth-order valence-corrected chi connectivity index (χ4v) is 1.36. The van der Waals surface area contributed by atoms with Crippen molar-refractivity contribution in [3.8, 4) is 0 Å². The van der Waals surface area contributed by atoms with Crippen LogP contribution in [0.5, 0.6) is 0 Å². The van der Waals surface area contributed by atoms with E-state index in [1.165, 1.54) is 0 Å². The fourth-order valence-electron chi connectivity index (χ4n) is 1.36. The average Bonchev–Trinajstić information content (AvgIpc) is 2.86. The van der Waals surface area contributed by atoms with Crippen LogP contribution < -0.4 is 5.32 Å². The Kier molecular flexibility index (Phi) is 3.49. The van der Waals surface area contributed by atoms with Crippen molar-refractivity contribution in [2.75, 3.05) is 0 Å². The van der Waals surface area contributed by atoms with Crippen LogP contribution in [-0.2, 0) is 13.0 Å². The number of aryl methyl sites for hydroxylation is 1. The molecule has 0 bridgehead atoms. The van der Waals surface area contributed by atoms with Gasteiger partial charge in [-0.25, -0.2) is 0 Å². The molecule has 17 heavy (non-hydrogen) atoms. The summed E-state index contributed by atoms with van der Waals surface area (Å²) >= 11 is 0. The Bertz CT molecular complexity index is 493. The molecule has 1 N–H and O–H groups in total. The molecule has 5 nitrogen and oxygen atoms in total. The summed E-state index contributed by atoms with van der Waals surface area (Å²) < 4.78 is 4.96. The van der Waals surface area contributed by atoms with E-state index in [0.29, 0.717) is 18.0 Å². The number of carbonyl (C=O) groups is 1. The fraction of sp³-hybridized carbons (Fsp3) is 0.250. The molecule has 0 radical (unpaired) electrons. The summed E-state index contributed by atoms with van der Waals surface area (Å²) in [6.45, 7) is 2.37. The van der Waals surface area contributed by atoms with Gasteiger partial charge >= 0.3 is 0 Å². The summed E-state index contributed by atoms with van der Waals surface area (Å²) in [5.41, 5.74) is 1.26. The van der Waals surface area contributed by atoms with Crippen LogP contribution in [0.25, 0.3) is 0 Å². The maximum atomic E-state index is 11.7. The van der Waals surface area contributed by atoms with Gasteiger partial charge in [0.05, 0.1) is 0 Å². The third-order valence-corrected chi connectivity index (χ3v) is 2.32. The Morgan fingerprint density at radius 1 is 1.53 bits per heavy atom. The van der Waals surface area contributed by atoms with Crippen molar-refractivity contribution in [2.45, 2.75) is 19.9 Å². The Morgan fingerprint density at radius 3 is 3.06 bits per heavy atom. The summed E-state index contributed by atoms with van der Waals surface area (Å²) in [4.78, 5) is 15.7. The summed E-state index contributed by atoms with van der Waals surface area (Å²) in [6, 6.07) is 5.37. The zero-order chi connectivity index (χ0) is 12.1. The van der Waals surface area contributed by atoms with Gasteiger partial charge in [0, 0.05) is 31.4 Å². The molecule has 1 amide bonds. The number of aromatic nitrogens is 2. The van der Waals surface area contributed by atoms with Crippen LogP contribution in [0, 0.1) is 0 Å². The van der Waals surface area contributed by atoms with Crippen LogP contribution in [0.1, 0.15) is 28.7 Å². The van der Waals surface area contributed by atoms with Gasteiger partial charge in [0.2, 0.25) is 0 Å². The highest BCUT2D eigenvalue weighted by Crippen LogP contribution is 2.04. The predicted molar refractivity (Wildman–Crippen MR) is 61.3 cm³/mol. The SMILES string of the molecule is CCc1cc(C(=O)NCc2cccnc2)no1. The number of nitrogens with one attached hydrogen (secondary N) is 1. The van der Waals surface area contributed by atoms with E-state index in [9.17, 15) is 4.79 Å². The van der Waals surface area contributed by atoms with Crippen LogP contribution in [-0.4, -0.2) is 16.0 Å². The molecule has 0 atom stereocenters. The van der Waals surface area contributed by atoms with E-state index in [-0.39, 0.29) is 5.91 Å². The molecule has 0 aliphatic heterocycles. The molecule has 0 aliphatic rings. The number of pyridine rings is 1. The highest BCUT2D eigenvalue weighted by atomic mass is 16.5. The van der Waals surface area contributed by atoms with E-state index < -0.39 is 0 Å². The van der Waals surface area contributed by atoms with Gasteiger partial charge in [-0.15, -0.1) is 0 Å². The second kappa shape index (κ2) is 5.25. The van der Waals surface area contributed by atoms with Crippen molar-refractivity contribution in [3.05, 3.63) is 47.6 Å². The van der Waals surface area contributed by atoms with E-state index in [2.05, 4.69) is 15.5 Å². The Labute approximate surface area is 98.8 Å². The third kappa shape index (κ3) is 2.90. The first kappa shape index (κ1) is 11.3. The van der Waals surface area contributed by atoms with Gasteiger partial charge < -0.3 is 9.84 Å². The molecule has 2 aromatic rings. The second-order valence-electron chi connectivity index (χ2n) is 3.58. The van der Waals surface area contributed by atoms with Gasteiger partial charge in [0.1, 0.15) is 5.76 Å². The maximum Gasteiger partial charge on any atom is 0.273 e. The van der Waals surface area contributed by atoms with E-state index in [1.807, 2.05) is 19.1 Å². The van der Waals surface area contributed by atoms with Crippen LogP contribution in [0.3, 0.4) is 0 Å². The zero-order valence-corrected chi connectivity index (χ0v) is 9.51. The average molecular weight is 231 g/mol. The number of amides is 1. The van der Waals surface area contributed by atoms with E-state index in [0.717, 1.165) is 12.0 Å². The van der Waals surface area contributed by atoms with E-state index >= 15 is 0 Å². The molecule has 88 valence electrons. The standard InChI is InChI=1S/C12H13N3O2/c1-2-10-6-11(15-17-10)12(16)14-8-9-4-3-5-13-7-9/h3-7H,2,8H2,1H3,(H,14,16). The lowest BCUT2D eigenvalue weighted by Crippen LogP contribution is -2.23. The topological polar surface area (TPSA) is 68.0 Å². The number of nitrogens with zero attached hydrogens (tertiary/aromatic N) is 2. The number of rotatable bonds is 4. The first-order chi connectivity index (χ1) is 8.29. The van der Waals surface area contributed by atoms with Crippen LogP contribution in [0.4, 0.5) is 0 Å². The summed E-state index contributed by atoms with van der Waals surface area (Å²) in [6.07, 6.45) is 4.12. The largest absolute Gasteiger partial charge is 0.361 e. The zero-order valence-electron chi connectivity index (χ0n) is 9.51. The van der Waals surface area contributed by atoms with Crippen molar-refractivity contribution >= 4 is 5.91 Å². The third-order valence-electron chi connectivity index (χ3n) is 2.32. The normalized spacial score (nSPS) is 10.2. The van der Waals surface area contributed by atoms with Crippen molar-refractivity contribution in [2.24, 2.45) is 0 Å². The molecule has 0 saturated carbocycles. The molecule has 0 aliphatic carbocycles. The van der Waals surface area contributed by atoms with Gasteiger partial charge in [-0.1, -0.05) is 18.1 Å². The number of hydrogen-bond donors (Lipinski definition) is 1. The minimum Gasteiger partial charge on any atom is -0.361 e. The van der Waals surface area contributed by atoms with E-state index in [4.69, 9.17) is 4.52 Å². The molecule has 2 aromatic heterocycles. The molecule has 5 heteroatoms. The lowest BCUT2D eigenvalue weighted by molar-refractivity contribution is 0.0941. The Morgan fingerprint density at radius 2 is 2.41 bits per heavy atom. The van der Waals surface area contributed by atoms with Gasteiger partial charge in [-0.3, -0.25) is 9.78 Å². The molecule has 2 rings (SSSR count). The van der Waals surface area contributed by atoms with Crippen molar-refractivity contribution in [1.29, 1.82) is 0 Å². The maximum absolute atomic E-state index is 11.7. The predicted octanol–water partition coefficient (Wildman–Crippen LogP) is 1.56. The van der Waals surface area contributed by atoms with E-state index in [1.54, 1.807) is 18.5 Å². The van der Waals surface area contributed by atoms with Crippen LogP contribution >= 0.6 is 0 Å². The quantitative estimate of drug-likeness (QED) is 0.867. The van der Waals surface area contributed by atoms with Crippen LogP contribution in [0.2, 0.25) is 0 Å². The minimum absolute atomic E-state index is 0.239. The molecule has 0 saturated heterocycles. The summed E-state index contributed by atoms with van der Waals surface area (Å²) in [5, 5.41) is 6.45. The summed E-state index contributed by atoms with van der Waals surface area (Å²) in [5.74, 6) is 0.467. The minimum atomic E-state index is -0.239. The molecule has 0 fully saturated rings. The lowest BCUT2D eigenvalue weighted by Gasteiger charge is -2.01. The smallest absolute Gasteiger partial charge is 0.273 e. The first-order valence-corrected chi connectivity index (χ1v) is 5.42. The number of hydrogen-bond acceptors (Lipinski definition) is 4. The Hall–Kier alpha value is -2.17. The van der Waals surface area contributed by atoms with Gasteiger partial charge in [0.15, 0.2) is 5.69 Å². The lowest BCUT2D eigenvalue weighted by atomic mass is 10.2. The second-order valence-corrected chi connectivity index (χ2v) is 3.58. The van der Waals surface area contributed by atoms with Crippen molar-refractivity contribution < 1.29 is 9.32 Å². The molecule has 2 heterocycles. The molecular weight excluding hydrogens is 218 g/mol. The summed E-state index contributed by atoms with van der Waals surface area (Å²) in [7, 11) is 0. The van der Waals surface area contributed by atoms with Crippen molar-refractivity contribution in [3.63, 3.8) is 0 Å². The number of carbonyl (C=O) groups excluding carboxylic acids is 1. The van der Waals surface area contributed by atoms with Crippen molar-refractivity contribution in [1.82, 2.24) is 15.5 Å².